The molecule has 2 heterocycles. The van der Waals surface area contributed by atoms with Crippen LogP contribution in [0, 0.1) is 19.7 Å². The van der Waals surface area contributed by atoms with Crippen LogP contribution >= 0.6 is 0 Å². The fourth-order valence-electron chi connectivity index (χ4n) is 3.21. The van der Waals surface area contributed by atoms with Crippen LogP contribution in [0.25, 0.3) is 10.8 Å². The molecule has 1 aromatic heterocycles. The first-order valence-electron chi connectivity index (χ1n) is 9.06. The number of aromatic nitrogens is 2. The molecular weight excluding hydrogens is 345 g/mol. The van der Waals surface area contributed by atoms with E-state index in [0.29, 0.717) is 30.2 Å². The zero-order valence-electron chi connectivity index (χ0n) is 15.6. The minimum absolute atomic E-state index is 0.0927. The summed E-state index contributed by atoms with van der Waals surface area (Å²) in [6.07, 6.45) is 0.0927. The van der Waals surface area contributed by atoms with E-state index in [1.807, 2.05) is 38.1 Å². The lowest BCUT2D eigenvalue weighted by Crippen LogP contribution is -2.38. The van der Waals surface area contributed by atoms with Crippen LogP contribution in [0.3, 0.4) is 0 Å². The summed E-state index contributed by atoms with van der Waals surface area (Å²) in [5, 5.41) is 13.8. The highest BCUT2D eigenvalue weighted by atomic mass is 19.1. The fourth-order valence-corrected chi connectivity index (χ4v) is 3.21. The van der Waals surface area contributed by atoms with Gasteiger partial charge in [0.05, 0.1) is 24.9 Å². The number of hydrogen-bond donors (Lipinski definition) is 1. The van der Waals surface area contributed by atoms with Gasteiger partial charge in [0.25, 0.3) is 0 Å². The van der Waals surface area contributed by atoms with E-state index in [1.165, 1.54) is 0 Å². The molecule has 1 aliphatic rings. The summed E-state index contributed by atoms with van der Waals surface area (Å²) >= 11 is 0. The van der Waals surface area contributed by atoms with Gasteiger partial charge in [0, 0.05) is 16.3 Å². The number of nitrogens with one attached hydrogen (secondary N) is 1. The molecule has 3 aromatic rings. The van der Waals surface area contributed by atoms with Crippen molar-refractivity contribution in [3.05, 3.63) is 59.0 Å². The van der Waals surface area contributed by atoms with Gasteiger partial charge in [-0.2, -0.15) is 5.10 Å². The summed E-state index contributed by atoms with van der Waals surface area (Å²) < 4.78 is 25.6. The first-order valence-corrected chi connectivity index (χ1v) is 9.06. The molecule has 5 nitrogen and oxygen atoms in total. The Bertz CT molecular complexity index is 989. The van der Waals surface area contributed by atoms with Crippen molar-refractivity contribution in [1.29, 1.82) is 0 Å². The Morgan fingerprint density at radius 3 is 2.70 bits per heavy atom. The van der Waals surface area contributed by atoms with Gasteiger partial charge in [-0.15, -0.1) is 5.10 Å². The molecule has 2 aromatic carbocycles. The Morgan fingerprint density at radius 2 is 1.96 bits per heavy atom. The molecule has 0 aliphatic carbocycles. The van der Waals surface area contributed by atoms with Gasteiger partial charge in [-0.1, -0.05) is 18.2 Å². The zero-order valence-corrected chi connectivity index (χ0v) is 15.6. The highest BCUT2D eigenvalue weighted by Crippen LogP contribution is 2.31. The van der Waals surface area contributed by atoms with E-state index in [0.717, 1.165) is 22.2 Å². The Labute approximate surface area is 157 Å². The predicted molar refractivity (Wildman–Crippen MR) is 103 cm³/mol. The lowest BCUT2D eigenvalue weighted by molar-refractivity contribution is -0.0796. The first kappa shape index (κ1) is 17.7. The Morgan fingerprint density at radius 1 is 1.15 bits per heavy atom. The largest absolute Gasteiger partial charge is 0.486 e. The van der Waals surface area contributed by atoms with E-state index >= 15 is 0 Å². The van der Waals surface area contributed by atoms with Gasteiger partial charge in [0.2, 0.25) is 0 Å². The molecule has 0 bridgehead atoms. The van der Waals surface area contributed by atoms with E-state index in [4.69, 9.17) is 9.47 Å². The number of hydrogen-bond acceptors (Lipinski definition) is 5. The van der Waals surface area contributed by atoms with Crippen LogP contribution in [0.4, 0.5) is 10.2 Å². The number of halogens is 1. The van der Waals surface area contributed by atoms with Crippen molar-refractivity contribution in [3.8, 4) is 5.75 Å². The van der Waals surface area contributed by atoms with E-state index in [2.05, 4.69) is 15.5 Å². The molecule has 27 heavy (non-hydrogen) atoms. The summed E-state index contributed by atoms with van der Waals surface area (Å²) in [5.41, 5.74) is 2.06. The van der Waals surface area contributed by atoms with Crippen molar-refractivity contribution < 1.29 is 13.9 Å². The van der Waals surface area contributed by atoms with Crippen molar-refractivity contribution in [2.45, 2.75) is 32.9 Å². The number of anilines is 1. The molecule has 1 aliphatic heterocycles. The second kappa shape index (κ2) is 7.12. The normalized spacial score (nSPS) is 15.4. The van der Waals surface area contributed by atoms with E-state index in [-0.39, 0.29) is 18.0 Å². The van der Waals surface area contributed by atoms with E-state index in [1.54, 1.807) is 19.1 Å². The van der Waals surface area contributed by atoms with Crippen LogP contribution in [0.5, 0.6) is 5.75 Å². The minimum atomic E-state index is -0.255. The molecule has 0 saturated carbocycles. The average Bonchev–Trinajstić information content (AvgIpc) is 2.63. The van der Waals surface area contributed by atoms with Gasteiger partial charge < -0.3 is 14.8 Å². The van der Waals surface area contributed by atoms with Crippen LogP contribution in [0.2, 0.25) is 0 Å². The fraction of sp³-hybridized carbons (Fsp3) is 0.333. The molecule has 140 valence electrons. The maximum Gasteiger partial charge on any atom is 0.157 e. The Hall–Kier alpha value is -2.73. The summed E-state index contributed by atoms with van der Waals surface area (Å²) in [4.78, 5) is 0. The van der Waals surface area contributed by atoms with Crippen molar-refractivity contribution in [3.63, 3.8) is 0 Å². The average molecular weight is 367 g/mol. The summed E-state index contributed by atoms with van der Waals surface area (Å²) in [6, 6.07) is 11.0. The molecular formula is C21H22FN3O2. The molecule has 0 radical (unpaired) electrons. The van der Waals surface area contributed by atoms with Crippen LogP contribution in [0.1, 0.15) is 29.8 Å². The molecule has 1 atom stereocenters. The minimum Gasteiger partial charge on any atom is -0.486 e. The number of fused-ring (bicyclic) bond motifs is 1. The lowest BCUT2D eigenvalue weighted by atomic mass is 10.0. The highest BCUT2D eigenvalue weighted by Gasteiger charge is 2.21. The summed E-state index contributed by atoms with van der Waals surface area (Å²) in [7, 11) is 0. The monoisotopic (exact) mass is 367 g/mol. The molecule has 1 saturated heterocycles. The van der Waals surface area contributed by atoms with Crippen molar-refractivity contribution in [2.75, 3.05) is 18.5 Å². The SMILES string of the molecule is Cc1cccc([C@@H](C)Nc2nnc(C)c3ccc(OC4COC4)cc23)c1F. The third-order valence-corrected chi connectivity index (χ3v) is 4.89. The van der Waals surface area contributed by atoms with Gasteiger partial charge in [-0.3, -0.25) is 0 Å². The first-order chi connectivity index (χ1) is 13.0. The third kappa shape index (κ3) is 3.45. The van der Waals surface area contributed by atoms with Gasteiger partial charge >= 0.3 is 0 Å². The second-order valence-electron chi connectivity index (χ2n) is 6.96. The number of rotatable bonds is 5. The van der Waals surface area contributed by atoms with Crippen LogP contribution in [0.15, 0.2) is 36.4 Å². The highest BCUT2D eigenvalue weighted by molar-refractivity contribution is 5.94. The molecule has 6 heteroatoms. The number of nitrogens with zero attached hydrogens (tertiary/aromatic N) is 2. The third-order valence-electron chi connectivity index (χ3n) is 4.89. The van der Waals surface area contributed by atoms with Gasteiger partial charge in [-0.05, 0) is 44.5 Å². The van der Waals surface area contributed by atoms with Crippen LogP contribution < -0.4 is 10.1 Å². The molecule has 0 unspecified atom stereocenters. The number of aryl methyl sites for hydroxylation is 2. The standard InChI is InChI=1S/C21H22FN3O2/c1-12-5-4-6-18(20(12)22)13(2)23-21-19-9-15(27-16-10-26-11-16)7-8-17(19)14(3)24-25-21/h4-9,13,16H,10-11H2,1-3H3,(H,23,25)/t13-/m1/s1. The number of ether oxygens (including phenoxy) is 2. The van der Waals surface area contributed by atoms with Gasteiger partial charge in [0.15, 0.2) is 5.82 Å². The maximum atomic E-state index is 14.5. The second-order valence-corrected chi connectivity index (χ2v) is 6.96. The van der Waals surface area contributed by atoms with E-state index < -0.39 is 0 Å². The quantitative estimate of drug-likeness (QED) is 0.727. The molecule has 0 spiro atoms. The lowest BCUT2D eigenvalue weighted by Gasteiger charge is -2.27. The van der Waals surface area contributed by atoms with Crippen LogP contribution in [-0.2, 0) is 4.74 Å². The summed E-state index contributed by atoms with van der Waals surface area (Å²) in [6.45, 7) is 6.82. The Kier molecular flexibility index (Phi) is 4.66. The van der Waals surface area contributed by atoms with Crippen LogP contribution in [-0.4, -0.2) is 29.5 Å². The molecule has 1 N–H and O–H groups in total. The topological polar surface area (TPSA) is 56.3 Å². The zero-order chi connectivity index (χ0) is 19.0. The summed E-state index contributed by atoms with van der Waals surface area (Å²) in [5.74, 6) is 1.18. The molecule has 1 fully saturated rings. The smallest absolute Gasteiger partial charge is 0.157 e. The molecule has 0 amide bonds. The van der Waals surface area contributed by atoms with Crippen molar-refractivity contribution >= 4 is 16.6 Å². The Balaban J connectivity index is 1.68. The van der Waals surface area contributed by atoms with Crippen molar-refractivity contribution in [1.82, 2.24) is 10.2 Å². The van der Waals surface area contributed by atoms with Crippen molar-refractivity contribution in [2.24, 2.45) is 0 Å². The van der Waals surface area contributed by atoms with Gasteiger partial charge in [0.1, 0.15) is 17.7 Å². The van der Waals surface area contributed by atoms with Gasteiger partial charge in [-0.25, -0.2) is 4.39 Å². The predicted octanol–water partition coefficient (Wildman–Crippen LogP) is 4.34. The number of benzene rings is 2. The molecule has 4 rings (SSSR count). The van der Waals surface area contributed by atoms with E-state index in [9.17, 15) is 4.39 Å². The maximum absolute atomic E-state index is 14.5.